The lowest BCUT2D eigenvalue weighted by Gasteiger charge is -2.23. The molecule has 4 rings (SSSR count). The fourth-order valence-corrected chi connectivity index (χ4v) is 5.81. The first-order chi connectivity index (χ1) is 19.3. The Balaban J connectivity index is 1.32. The molecule has 1 heterocycles. The summed E-state index contributed by atoms with van der Waals surface area (Å²) in [4.78, 5) is 31.7. The summed E-state index contributed by atoms with van der Waals surface area (Å²) in [5.41, 5.74) is 2.12. The molecule has 216 valence electrons. The van der Waals surface area contributed by atoms with Crippen LogP contribution in [0.2, 0.25) is 0 Å². The van der Waals surface area contributed by atoms with Crippen molar-refractivity contribution in [2.75, 3.05) is 6.61 Å². The summed E-state index contributed by atoms with van der Waals surface area (Å²) in [5, 5.41) is 9.26. The van der Waals surface area contributed by atoms with E-state index < -0.39 is 16.9 Å². The summed E-state index contributed by atoms with van der Waals surface area (Å²) in [6.07, 6.45) is 11.5. The van der Waals surface area contributed by atoms with E-state index in [0.717, 1.165) is 98.9 Å². The van der Waals surface area contributed by atoms with Crippen molar-refractivity contribution >= 4 is 17.7 Å². The standard InChI is InChI=1S/C34H46N2O4/c1-4-5-16-30-35-34(22-11-12-23-34)31(37)36(30)25-26-17-19-27(20-18-26)28-14-8-9-15-29(28)40-24-13-7-6-10-21-33(2,3)32(38)39/h8-9,14-15,17-20H,4-7,10-13,16,21-25H2,1-3H3,(H,38,39). The Morgan fingerprint density at radius 2 is 1.70 bits per heavy atom. The first kappa shape index (κ1) is 29.8. The van der Waals surface area contributed by atoms with Crippen LogP contribution in [0.25, 0.3) is 11.1 Å². The Labute approximate surface area is 239 Å². The van der Waals surface area contributed by atoms with Crippen molar-refractivity contribution in [3.05, 3.63) is 54.1 Å². The van der Waals surface area contributed by atoms with Gasteiger partial charge in [-0.3, -0.25) is 19.5 Å². The van der Waals surface area contributed by atoms with Gasteiger partial charge >= 0.3 is 5.97 Å². The van der Waals surface area contributed by atoms with Crippen LogP contribution in [-0.4, -0.2) is 39.9 Å². The lowest BCUT2D eigenvalue weighted by Crippen LogP contribution is -2.40. The summed E-state index contributed by atoms with van der Waals surface area (Å²) in [6.45, 7) is 6.97. The van der Waals surface area contributed by atoms with Crippen molar-refractivity contribution in [3.63, 3.8) is 0 Å². The molecule has 1 fully saturated rings. The van der Waals surface area contributed by atoms with E-state index in [-0.39, 0.29) is 5.91 Å². The van der Waals surface area contributed by atoms with Crippen molar-refractivity contribution in [1.29, 1.82) is 0 Å². The molecule has 6 nitrogen and oxygen atoms in total. The van der Waals surface area contributed by atoms with E-state index in [2.05, 4.69) is 37.3 Å². The third-order valence-corrected chi connectivity index (χ3v) is 8.51. The first-order valence-corrected chi connectivity index (χ1v) is 15.2. The summed E-state index contributed by atoms with van der Waals surface area (Å²) < 4.78 is 6.17. The zero-order chi connectivity index (χ0) is 28.6. The third-order valence-electron chi connectivity index (χ3n) is 8.51. The Kier molecular flexibility index (Phi) is 10.0. The number of aliphatic imine (C=N–C) groups is 1. The highest BCUT2D eigenvalue weighted by atomic mass is 16.5. The second-order valence-electron chi connectivity index (χ2n) is 12.2. The number of nitrogens with zero attached hydrogens (tertiary/aromatic N) is 2. The van der Waals surface area contributed by atoms with E-state index in [1.165, 1.54) is 0 Å². The molecule has 1 aliphatic heterocycles. The number of amidine groups is 1. The number of carbonyl (C=O) groups is 2. The number of amides is 1. The fraction of sp³-hybridized carbons (Fsp3) is 0.559. The van der Waals surface area contributed by atoms with Crippen molar-refractivity contribution < 1.29 is 19.4 Å². The minimum Gasteiger partial charge on any atom is -0.493 e. The van der Waals surface area contributed by atoms with E-state index in [0.29, 0.717) is 19.6 Å². The highest BCUT2D eigenvalue weighted by molar-refractivity contribution is 6.08. The molecule has 0 aromatic heterocycles. The van der Waals surface area contributed by atoms with Crippen LogP contribution in [0.15, 0.2) is 53.5 Å². The average Bonchev–Trinajstić information content (AvgIpc) is 3.52. The molecule has 2 aromatic carbocycles. The van der Waals surface area contributed by atoms with Gasteiger partial charge in [0.2, 0.25) is 0 Å². The molecule has 1 N–H and O–H groups in total. The minimum absolute atomic E-state index is 0.199. The van der Waals surface area contributed by atoms with Gasteiger partial charge in [-0.15, -0.1) is 0 Å². The number of aliphatic carboxylic acids is 1. The number of ether oxygens (including phenoxy) is 1. The Hall–Kier alpha value is -3.15. The van der Waals surface area contributed by atoms with E-state index in [1.54, 1.807) is 13.8 Å². The third kappa shape index (κ3) is 7.13. The van der Waals surface area contributed by atoms with Crippen LogP contribution < -0.4 is 4.74 Å². The van der Waals surface area contributed by atoms with E-state index in [1.807, 2.05) is 23.1 Å². The highest BCUT2D eigenvalue weighted by Crippen LogP contribution is 2.40. The van der Waals surface area contributed by atoms with Gasteiger partial charge in [0.05, 0.1) is 18.6 Å². The topological polar surface area (TPSA) is 79.2 Å². The quantitative estimate of drug-likeness (QED) is 0.229. The Morgan fingerprint density at radius 1 is 1.00 bits per heavy atom. The van der Waals surface area contributed by atoms with Crippen LogP contribution in [0, 0.1) is 5.41 Å². The number of carboxylic acids is 1. The van der Waals surface area contributed by atoms with Gasteiger partial charge in [0.15, 0.2) is 0 Å². The van der Waals surface area contributed by atoms with Gasteiger partial charge in [-0.2, -0.15) is 0 Å². The van der Waals surface area contributed by atoms with Gasteiger partial charge in [0.25, 0.3) is 5.91 Å². The smallest absolute Gasteiger partial charge is 0.309 e. The molecule has 2 aromatic rings. The second-order valence-corrected chi connectivity index (χ2v) is 12.2. The summed E-state index contributed by atoms with van der Waals surface area (Å²) in [5.74, 6) is 1.31. The predicted molar refractivity (Wildman–Crippen MR) is 161 cm³/mol. The van der Waals surface area contributed by atoms with Crippen LogP contribution in [-0.2, 0) is 16.1 Å². The number of benzene rings is 2. The molecule has 0 bridgehead atoms. The lowest BCUT2D eigenvalue weighted by molar-refractivity contribution is -0.147. The van der Waals surface area contributed by atoms with E-state index in [9.17, 15) is 14.7 Å². The molecule has 0 radical (unpaired) electrons. The molecule has 0 saturated heterocycles. The maximum atomic E-state index is 13.5. The van der Waals surface area contributed by atoms with Crippen LogP contribution in [0.1, 0.15) is 103 Å². The number of hydrogen-bond acceptors (Lipinski definition) is 4. The average molecular weight is 547 g/mol. The molecule has 1 amide bonds. The number of rotatable bonds is 15. The number of carboxylic acid groups (broad SMARTS) is 1. The number of unbranched alkanes of at least 4 members (excludes halogenated alkanes) is 4. The second kappa shape index (κ2) is 13.5. The molecule has 0 unspecified atom stereocenters. The predicted octanol–water partition coefficient (Wildman–Crippen LogP) is 8.04. The van der Waals surface area contributed by atoms with Crippen LogP contribution >= 0.6 is 0 Å². The molecule has 1 spiro atoms. The largest absolute Gasteiger partial charge is 0.493 e. The number of hydrogen-bond donors (Lipinski definition) is 1. The van der Waals surface area contributed by atoms with Crippen LogP contribution in [0.3, 0.4) is 0 Å². The molecule has 0 atom stereocenters. The summed E-state index contributed by atoms with van der Waals surface area (Å²) in [6, 6.07) is 16.6. The highest BCUT2D eigenvalue weighted by Gasteiger charge is 2.49. The summed E-state index contributed by atoms with van der Waals surface area (Å²) >= 11 is 0. The van der Waals surface area contributed by atoms with Crippen molar-refractivity contribution in [2.24, 2.45) is 10.4 Å². The van der Waals surface area contributed by atoms with Gasteiger partial charge in [-0.05, 0) is 63.1 Å². The van der Waals surface area contributed by atoms with Crippen LogP contribution in [0.5, 0.6) is 5.75 Å². The minimum atomic E-state index is -0.729. The molecular formula is C34H46N2O4. The van der Waals surface area contributed by atoms with Crippen molar-refractivity contribution in [3.8, 4) is 16.9 Å². The monoisotopic (exact) mass is 546 g/mol. The summed E-state index contributed by atoms with van der Waals surface area (Å²) in [7, 11) is 0. The molecule has 1 saturated carbocycles. The maximum Gasteiger partial charge on any atom is 0.309 e. The lowest BCUT2D eigenvalue weighted by atomic mass is 9.87. The molecular weight excluding hydrogens is 500 g/mol. The molecule has 1 aliphatic carbocycles. The van der Waals surface area contributed by atoms with E-state index >= 15 is 0 Å². The van der Waals surface area contributed by atoms with Crippen LogP contribution in [0.4, 0.5) is 0 Å². The van der Waals surface area contributed by atoms with Crippen molar-refractivity contribution in [2.45, 2.75) is 110 Å². The van der Waals surface area contributed by atoms with Gasteiger partial charge in [-0.25, -0.2) is 0 Å². The Morgan fingerprint density at radius 3 is 2.40 bits per heavy atom. The number of para-hydroxylation sites is 1. The van der Waals surface area contributed by atoms with E-state index in [4.69, 9.17) is 9.73 Å². The van der Waals surface area contributed by atoms with Gasteiger partial charge in [0, 0.05) is 12.0 Å². The zero-order valence-electron chi connectivity index (χ0n) is 24.6. The normalized spacial score (nSPS) is 16.5. The zero-order valence-corrected chi connectivity index (χ0v) is 24.6. The fourth-order valence-electron chi connectivity index (χ4n) is 5.81. The van der Waals surface area contributed by atoms with Gasteiger partial charge in [-0.1, -0.05) is 87.9 Å². The SMILES string of the molecule is CCCCC1=NC2(CCCC2)C(=O)N1Cc1ccc(-c2ccccc2OCCCCCCC(C)(C)C(=O)O)cc1. The van der Waals surface area contributed by atoms with Gasteiger partial charge in [0.1, 0.15) is 17.1 Å². The molecule has 40 heavy (non-hydrogen) atoms. The molecule has 2 aliphatic rings. The maximum absolute atomic E-state index is 13.5. The number of carbonyl (C=O) groups excluding carboxylic acids is 1. The Bertz CT molecular complexity index is 1180. The van der Waals surface area contributed by atoms with Crippen molar-refractivity contribution in [1.82, 2.24) is 4.90 Å². The first-order valence-electron chi connectivity index (χ1n) is 15.2. The molecule has 6 heteroatoms. The van der Waals surface area contributed by atoms with Gasteiger partial charge < -0.3 is 9.84 Å².